The average molecular weight is 385 g/mol. The summed E-state index contributed by atoms with van der Waals surface area (Å²) in [7, 11) is 0. The molecule has 0 amide bonds. The molecule has 0 unspecified atom stereocenters. The molecule has 2 aromatic rings. The lowest BCUT2D eigenvalue weighted by Crippen LogP contribution is -2.45. The SMILES string of the molecule is CCOc1ccc2ccccc2c1[C@@H]1NC(=S)NC(C)=C1C(=O)OC(C)C. The molecular weight excluding hydrogens is 360 g/mol. The number of esters is 1. The van der Waals surface area contributed by atoms with E-state index in [0.29, 0.717) is 23.0 Å². The number of benzene rings is 2. The third-order valence-electron chi connectivity index (χ3n) is 4.35. The summed E-state index contributed by atoms with van der Waals surface area (Å²) < 4.78 is 11.4. The van der Waals surface area contributed by atoms with Crippen LogP contribution in [0.2, 0.25) is 0 Å². The molecule has 0 aromatic heterocycles. The Kier molecular flexibility index (Phi) is 5.65. The van der Waals surface area contributed by atoms with Crippen LogP contribution in [0.4, 0.5) is 0 Å². The van der Waals surface area contributed by atoms with Gasteiger partial charge in [-0.1, -0.05) is 30.3 Å². The minimum Gasteiger partial charge on any atom is -0.493 e. The average Bonchev–Trinajstić information content (AvgIpc) is 2.60. The third kappa shape index (κ3) is 3.90. The summed E-state index contributed by atoms with van der Waals surface area (Å²) in [6.45, 7) is 7.97. The first-order chi connectivity index (χ1) is 12.9. The minimum absolute atomic E-state index is 0.216. The lowest BCUT2D eigenvalue weighted by atomic mass is 9.90. The maximum atomic E-state index is 12.9. The number of thiocarbonyl (C=S) groups is 1. The van der Waals surface area contributed by atoms with Crippen LogP contribution in [-0.4, -0.2) is 23.8 Å². The van der Waals surface area contributed by atoms with Gasteiger partial charge in [0, 0.05) is 11.3 Å². The Hall–Kier alpha value is -2.60. The molecule has 2 N–H and O–H groups in total. The van der Waals surface area contributed by atoms with E-state index in [1.54, 1.807) is 0 Å². The van der Waals surface area contributed by atoms with Gasteiger partial charge < -0.3 is 20.1 Å². The fraction of sp³-hybridized carbons (Fsp3) is 0.333. The molecule has 0 saturated heterocycles. The number of hydrogen-bond acceptors (Lipinski definition) is 4. The number of carbonyl (C=O) groups excluding carboxylic acids is 1. The summed E-state index contributed by atoms with van der Waals surface area (Å²) in [5, 5.41) is 8.82. The Morgan fingerprint density at radius 2 is 1.96 bits per heavy atom. The highest BCUT2D eigenvalue weighted by Crippen LogP contribution is 2.38. The topological polar surface area (TPSA) is 59.6 Å². The maximum absolute atomic E-state index is 12.9. The number of hydrogen-bond donors (Lipinski definition) is 2. The first-order valence-electron chi connectivity index (χ1n) is 9.06. The first-order valence-corrected chi connectivity index (χ1v) is 9.46. The monoisotopic (exact) mass is 384 g/mol. The number of ether oxygens (including phenoxy) is 2. The van der Waals surface area contributed by atoms with Gasteiger partial charge >= 0.3 is 5.97 Å². The van der Waals surface area contributed by atoms with Crippen LogP contribution in [0, 0.1) is 0 Å². The van der Waals surface area contributed by atoms with Crippen LogP contribution in [0.5, 0.6) is 5.75 Å². The summed E-state index contributed by atoms with van der Waals surface area (Å²) in [5.74, 6) is 0.353. The molecule has 0 fully saturated rings. The predicted octanol–water partition coefficient (Wildman–Crippen LogP) is 3.98. The van der Waals surface area contributed by atoms with Crippen LogP contribution >= 0.6 is 12.2 Å². The van der Waals surface area contributed by atoms with Crippen molar-refractivity contribution in [2.45, 2.75) is 39.8 Å². The summed E-state index contributed by atoms with van der Waals surface area (Å²) in [6, 6.07) is 11.5. The van der Waals surface area contributed by atoms with Gasteiger partial charge in [-0.2, -0.15) is 0 Å². The normalized spacial score (nSPS) is 16.9. The molecule has 1 atom stereocenters. The molecule has 1 heterocycles. The van der Waals surface area contributed by atoms with Crippen LogP contribution in [0.15, 0.2) is 47.7 Å². The summed E-state index contributed by atoms with van der Waals surface area (Å²) >= 11 is 5.37. The zero-order valence-electron chi connectivity index (χ0n) is 16.0. The Morgan fingerprint density at radius 1 is 1.22 bits per heavy atom. The molecule has 0 bridgehead atoms. The van der Waals surface area contributed by atoms with Crippen molar-refractivity contribution in [2.75, 3.05) is 6.61 Å². The molecular formula is C21H24N2O3S. The van der Waals surface area contributed by atoms with Crippen LogP contribution < -0.4 is 15.4 Å². The molecule has 142 valence electrons. The Morgan fingerprint density at radius 3 is 2.67 bits per heavy atom. The van der Waals surface area contributed by atoms with Crippen molar-refractivity contribution >= 4 is 34.1 Å². The summed E-state index contributed by atoms with van der Waals surface area (Å²) in [4.78, 5) is 12.9. The molecule has 6 heteroatoms. The van der Waals surface area contributed by atoms with Gasteiger partial charge in [0.1, 0.15) is 5.75 Å². The Labute approximate surface area is 164 Å². The molecule has 0 aliphatic carbocycles. The number of nitrogens with one attached hydrogen (secondary N) is 2. The van der Waals surface area contributed by atoms with Gasteiger partial charge in [0.25, 0.3) is 0 Å². The van der Waals surface area contributed by atoms with E-state index in [-0.39, 0.29) is 12.1 Å². The third-order valence-corrected chi connectivity index (χ3v) is 4.57. The fourth-order valence-corrected chi connectivity index (χ4v) is 3.58. The maximum Gasteiger partial charge on any atom is 0.338 e. The molecule has 1 aliphatic rings. The van der Waals surface area contributed by atoms with E-state index < -0.39 is 6.04 Å². The first kappa shape index (κ1) is 19.2. The van der Waals surface area contributed by atoms with E-state index in [2.05, 4.69) is 10.6 Å². The molecule has 3 rings (SSSR count). The second-order valence-electron chi connectivity index (χ2n) is 6.66. The van der Waals surface area contributed by atoms with Crippen LogP contribution in [0.3, 0.4) is 0 Å². The summed E-state index contributed by atoms with van der Waals surface area (Å²) in [6.07, 6.45) is -0.216. The largest absolute Gasteiger partial charge is 0.493 e. The number of carbonyl (C=O) groups is 1. The molecule has 0 radical (unpaired) electrons. The summed E-state index contributed by atoms with van der Waals surface area (Å²) in [5.41, 5.74) is 2.08. The highest BCUT2D eigenvalue weighted by atomic mass is 32.1. The van der Waals surface area contributed by atoms with Gasteiger partial charge in [-0.05, 0) is 56.8 Å². The van der Waals surface area contributed by atoms with Crippen molar-refractivity contribution in [3.05, 3.63) is 53.2 Å². The number of allylic oxidation sites excluding steroid dienone is 1. The standard InChI is InChI=1S/C21H24N2O3S/c1-5-25-16-11-10-14-8-6-7-9-15(14)18(16)19-17(20(24)26-12(2)3)13(4)22-21(27)23-19/h6-12,19H,5H2,1-4H3,(H2,22,23,27)/t19-/m1/s1. The van der Waals surface area contributed by atoms with Crippen LogP contribution in [0.25, 0.3) is 10.8 Å². The zero-order chi connectivity index (χ0) is 19.6. The van der Waals surface area contributed by atoms with E-state index in [1.165, 1.54) is 0 Å². The van der Waals surface area contributed by atoms with Crippen molar-refractivity contribution in [3.8, 4) is 5.75 Å². The van der Waals surface area contributed by atoms with Crippen LogP contribution in [0.1, 0.15) is 39.3 Å². The molecule has 5 nitrogen and oxygen atoms in total. The van der Waals surface area contributed by atoms with Gasteiger partial charge in [-0.25, -0.2) is 4.79 Å². The Balaban J connectivity index is 2.22. The van der Waals surface area contributed by atoms with Crippen molar-refractivity contribution in [1.29, 1.82) is 0 Å². The van der Waals surface area contributed by atoms with E-state index in [0.717, 1.165) is 22.1 Å². The van der Waals surface area contributed by atoms with Gasteiger partial charge in [-0.3, -0.25) is 0 Å². The zero-order valence-corrected chi connectivity index (χ0v) is 16.8. The fourth-order valence-electron chi connectivity index (χ4n) is 3.31. The van der Waals surface area contributed by atoms with Crippen molar-refractivity contribution < 1.29 is 14.3 Å². The second-order valence-corrected chi connectivity index (χ2v) is 7.06. The lowest BCUT2D eigenvalue weighted by molar-refractivity contribution is -0.143. The number of rotatable bonds is 5. The van der Waals surface area contributed by atoms with Crippen LogP contribution in [-0.2, 0) is 9.53 Å². The molecule has 27 heavy (non-hydrogen) atoms. The quantitative estimate of drug-likeness (QED) is 0.601. The molecule has 0 saturated carbocycles. The highest BCUT2D eigenvalue weighted by Gasteiger charge is 2.34. The molecule has 2 aromatic carbocycles. The van der Waals surface area contributed by atoms with E-state index in [1.807, 2.05) is 64.1 Å². The highest BCUT2D eigenvalue weighted by molar-refractivity contribution is 7.80. The van der Waals surface area contributed by atoms with Gasteiger partial charge in [0.15, 0.2) is 5.11 Å². The minimum atomic E-state index is -0.461. The molecule has 1 aliphatic heterocycles. The van der Waals surface area contributed by atoms with Crippen molar-refractivity contribution in [1.82, 2.24) is 10.6 Å². The molecule has 0 spiro atoms. The second kappa shape index (κ2) is 7.96. The van der Waals surface area contributed by atoms with E-state index in [9.17, 15) is 4.79 Å². The van der Waals surface area contributed by atoms with E-state index in [4.69, 9.17) is 21.7 Å². The lowest BCUT2D eigenvalue weighted by Gasteiger charge is -2.32. The van der Waals surface area contributed by atoms with Crippen molar-refractivity contribution in [3.63, 3.8) is 0 Å². The predicted molar refractivity (Wildman–Crippen MR) is 111 cm³/mol. The van der Waals surface area contributed by atoms with Gasteiger partial charge in [0.2, 0.25) is 0 Å². The smallest absolute Gasteiger partial charge is 0.338 e. The van der Waals surface area contributed by atoms with Gasteiger partial charge in [-0.15, -0.1) is 0 Å². The Bertz CT molecular complexity index is 921. The number of fused-ring (bicyclic) bond motifs is 1. The van der Waals surface area contributed by atoms with Gasteiger partial charge in [0.05, 0.1) is 24.3 Å². The van der Waals surface area contributed by atoms with E-state index >= 15 is 0 Å². The van der Waals surface area contributed by atoms with Crippen molar-refractivity contribution in [2.24, 2.45) is 0 Å².